The van der Waals surface area contributed by atoms with Gasteiger partial charge >= 0.3 is 0 Å². The summed E-state index contributed by atoms with van der Waals surface area (Å²) in [4.78, 5) is 17.8. The van der Waals surface area contributed by atoms with Crippen LogP contribution in [0.4, 0.5) is 0 Å². The lowest BCUT2D eigenvalue weighted by molar-refractivity contribution is -0.127. The molecule has 1 aromatic rings. The molecular formula is C19H32N4O3. The standard InChI is InChI=1S/C19H32N4O3/c1-8-13(2)21-19(20-12-18(24)23(4)5)22-14(3)16-11-15(25-6)9-10-17(16)26-7/h9-11,13-14H,8,12H2,1-7H3,(H2,20,21,22). The molecule has 1 rings (SSSR count). The van der Waals surface area contributed by atoms with E-state index in [1.54, 1.807) is 28.3 Å². The first kappa shape index (κ1) is 21.6. The number of hydrogen-bond donors (Lipinski definition) is 2. The number of hydrogen-bond acceptors (Lipinski definition) is 4. The van der Waals surface area contributed by atoms with E-state index in [9.17, 15) is 4.79 Å². The van der Waals surface area contributed by atoms with Gasteiger partial charge in [0.2, 0.25) is 5.91 Å². The maximum Gasteiger partial charge on any atom is 0.243 e. The summed E-state index contributed by atoms with van der Waals surface area (Å²) in [7, 11) is 6.71. The monoisotopic (exact) mass is 364 g/mol. The molecule has 0 aliphatic rings. The molecule has 7 heteroatoms. The number of carbonyl (C=O) groups excluding carboxylic acids is 1. The van der Waals surface area contributed by atoms with Crippen molar-refractivity contribution in [1.82, 2.24) is 15.5 Å². The molecule has 0 heterocycles. The molecule has 1 amide bonds. The normalized spacial score (nSPS) is 13.6. The summed E-state index contributed by atoms with van der Waals surface area (Å²) in [5.74, 6) is 2.05. The number of guanidine groups is 1. The van der Waals surface area contributed by atoms with Crippen LogP contribution in [-0.2, 0) is 4.79 Å². The molecule has 0 aliphatic carbocycles. The first-order chi connectivity index (χ1) is 12.3. The Labute approximate surface area is 156 Å². The van der Waals surface area contributed by atoms with E-state index in [4.69, 9.17) is 9.47 Å². The third-order valence-corrected chi connectivity index (χ3v) is 4.12. The molecule has 0 fully saturated rings. The minimum atomic E-state index is -0.0928. The van der Waals surface area contributed by atoms with Gasteiger partial charge in [0.25, 0.3) is 0 Å². The van der Waals surface area contributed by atoms with Crippen molar-refractivity contribution >= 4 is 11.9 Å². The number of likely N-dealkylation sites (N-methyl/N-ethyl adjacent to an activating group) is 1. The maximum absolute atomic E-state index is 11.9. The minimum Gasteiger partial charge on any atom is -0.497 e. The van der Waals surface area contributed by atoms with E-state index in [0.717, 1.165) is 23.5 Å². The number of carbonyl (C=O) groups is 1. The van der Waals surface area contributed by atoms with Gasteiger partial charge < -0.3 is 25.0 Å². The van der Waals surface area contributed by atoms with Crippen LogP contribution in [-0.4, -0.2) is 57.7 Å². The molecule has 0 saturated heterocycles. The summed E-state index contributed by atoms with van der Waals surface area (Å²) >= 11 is 0. The first-order valence-electron chi connectivity index (χ1n) is 8.81. The largest absolute Gasteiger partial charge is 0.497 e. The topological polar surface area (TPSA) is 75.2 Å². The minimum absolute atomic E-state index is 0.0538. The summed E-state index contributed by atoms with van der Waals surface area (Å²) in [5.41, 5.74) is 0.949. The summed E-state index contributed by atoms with van der Waals surface area (Å²) in [6.07, 6.45) is 0.944. The quantitative estimate of drug-likeness (QED) is 0.546. The second-order valence-corrected chi connectivity index (χ2v) is 6.38. The number of ether oxygens (including phenoxy) is 2. The summed E-state index contributed by atoms with van der Waals surface area (Å²) in [5, 5.41) is 6.68. The number of benzene rings is 1. The third-order valence-electron chi connectivity index (χ3n) is 4.12. The molecule has 146 valence electrons. The predicted octanol–water partition coefficient (Wildman–Crippen LogP) is 2.19. The van der Waals surface area contributed by atoms with Crippen LogP contribution in [0.5, 0.6) is 11.5 Å². The van der Waals surface area contributed by atoms with Crippen LogP contribution in [0.3, 0.4) is 0 Å². The van der Waals surface area contributed by atoms with Gasteiger partial charge in [-0.25, -0.2) is 4.99 Å². The van der Waals surface area contributed by atoms with Crippen LogP contribution in [0.2, 0.25) is 0 Å². The number of methoxy groups -OCH3 is 2. The van der Waals surface area contributed by atoms with E-state index >= 15 is 0 Å². The van der Waals surface area contributed by atoms with Gasteiger partial charge in [-0.1, -0.05) is 6.92 Å². The van der Waals surface area contributed by atoms with Gasteiger partial charge in [0.15, 0.2) is 5.96 Å². The van der Waals surface area contributed by atoms with Crippen molar-refractivity contribution in [3.8, 4) is 11.5 Å². The van der Waals surface area contributed by atoms with Gasteiger partial charge in [0, 0.05) is 25.7 Å². The average Bonchev–Trinajstić information content (AvgIpc) is 2.64. The lowest BCUT2D eigenvalue weighted by atomic mass is 10.1. The number of rotatable bonds is 8. The molecule has 1 aromatic carbocycles. The fourth-order valence-electron chi connectivity index (χ4n) is 2.22. The van der Waals surface area contributed by atoms with E-state index in [1.165, 1.54) is 4.90 Å². The van der Waals surface area contributed by atoms with E-state index in [2.05, 4.69) is 29.5 Å². The third kappa shape index (κ3) is 6.46. The lowest BCUT2D eigenvalue weighted by Crippen LogP contribution is -2.43. The Morgan fingerprint density at radius 3 is 2.42 bits per heavy atom. The number of aliphatic imine (C=N–C) groups is 1. The van der Waals surface area contributed by atoms with E-state index < -0.39 is 0 Å². The SMILES string of the molecule is CCC(C)NC(=NCC(=O)N(C)C)NC(C)c1cc(OC)ccc1OC. The van der Waals surface area contributed by atoms with Gasteiger partial charge in [0.05, 0.1) is 20.3 Å². The van der Waals surface area contributed by atoms with Crippen molar-refractivity contribution in [3.63, 3.8) is 0 Å². The Morgan fingerprint density at radius 2 is 1.88 bits per heavy atom. The van der Waals surface area contributed by atoms with Crippen molar-refractivity contribution in [2.75, 3.05) is 34.9 Å². The number of nitrogens with zero attached hydrogens (tertiary/aromatic N) is 2. The van der Waals surface area contributed by atoms with E-state index in [-0.39, 0.29) is 24.5 Å². The summed E-state index contributed by atoms with van der Waals surface area (Å²) < 4.78 is 10.8. The van der Waals surface area contributed by atoms with Crippen LogP contribution in [0.25, 0.3) is 0 Å². The summed E-state index contributed by atoms with van der Waals surface area (Å²) in [6.45, 7) is 6.26. The smallest absolute Gasteiger partial charge is 0.243 e. The Balaban J connectivity index is 3.02. The number of amides is 1. The molecule has 2 unspecified atom stereocenters. The second-order valence-electron chi connectivity index (χ2n) is 6.38. The van der Waals surface area contributed by atoms with Crippen molar-refractivity contribution in [2.24, 2.45) is 4.99 Å². The molecule has 0 saturated carbocycles. The Kier molecular flexibility index (Phi) is 8.75. The Bertz CT molecular complexity index is 617. The fraction of sp³-hybridized carbons (Fsp3) is 0.579. The van der Waals surface area contributed by atoms with Crippen LogP contribution in [0.15, 0.2) is 23.2 Å². The van der Waals surface area contributed by atoms with Gasteiger partial charge in [-0.3, -0.25) is 4.79 Å². The highest BCUT2D eigenvalue weighted by Gasteiger charge is 2.16. The van der Waals surface area contributed by atoms with Crippen molar-refractivity contribution in [3.05, 3.63) is 23.8 Å². The number of nitrogens with one attached hydrogen (secondary N) is 2. The molecule has 0 radical (unpaired) electrons. The van der Waals surface area contributed by atoms with Crippen LogP contribution in [0.1, 0.15) is 38.8 Å². The zero-order chi connectivity index (χ0) is 19.7. The fourth-order valence-corrected chi connectivity index (χ4v) is 2.22. The lowest BCUT2D eigenvalue weighted by Gasteiger charge is -2.23. The van der Waals surface area contributed by atoms with Crippen molar-refractivity contribution in [2.45, 2.75) is 39.3 Å². The highest BCUT2D eigenvalue weighted by atomic mass is 16.5. The Hall–Kier alpha value is -2.44. The van der Waals surface area contributed by atoms with E-state index in [1.807, 2.05) is 25.1 Å². The zero-order valence-corrected chi connectivity index (χ0v) is 16.9. The molecule has 7 nitrogen and oxygen atoms in total. The summed E-state index contributed by atoms with van der Waals surface area (Å²) in [6, 6.07) is 5.81. The van der Waals surface area contributed by atoms with Crippen molar-refractivity contribution < 1.29 is 14.3 Å². The molecule has 26 heavy (non-hydrogen) atoms. The average molecular weight is 364 g/mol. The molecule has 2 N–H and O–H groups in total. The maximum atomic E-state index is 11.9. The highest BCUT2D eigenvalue weighted by Crippen LogP contribution is 2.29. The Morgan fingerprint density at radius 1 is 1.19 bits per heavy atom. The van der Waals surface area contributed by atoms with Crippen LogP contribution in [0, 0.1) is 0 Å². The highest BCUT2D eigenvalue weighted by molar-refractivity contribution is 5.85. The van der Waals surface area contributed by atoms with Crippen LogP contribution < -0.4 is 20.1 Å². The molecular weight excluding hydrogens is 332 g/mol. The van der Waals surface area contributed by atoms with Crippen LogP contribution >= 0.6 is 0 Å². The first-order valence-corrected chi connectivity index (χ1v) is 8.81. The van der Waals surface area contributed by atoms with Gasteiger partial charge in [-0.05, 0) is 38.5 Å². The van der Waals surface area contributed by atoms with Gasteiger partial charge in [-0.2, -0.15) is 0 Å². The van der Waals surface area contributed by atoms with Crippen molar-refractivity contribution in [1.29, 1.82) is 0 Å². The second kappa shape index (κ2) is 10.5. The zero-order valence-electron chi connectivity index (χ0n) is 16.9. The molecule has 0 aliphatic heterocycles. The van der Waals surface area contributed by atoms with E-state index in [0.29, 0.717) is 5.96 Å². The molecule has 0 bridgehead atoms. The molecule has 0 aromatic heterocycles. The molecule has 2 atom stereocenters. The molecule has 0 spiro atoms. The predicted molar refractivity (Wildman–Crippen MR) is 105 cm³/mol. The van der Waals surface area contributed by atoms with Gasteiger partial charge in [0.1, 0.15) is 18.0 Å². The van der Waals surface area contributed by atoms with Gasteiger partial charge in [-0.15, -0.1) is 0 Å².